The second kappa shape index (κ2) is 7.76. The molecular weight excluding hydrogens is 442 g/mol. The average molecular weight is 474 g/mol. The monoisotopic (exact) mass is 473 g/mol. The fraction of sp³-hybridized carbons (Fsp3) is 0.500. The molecule has 0 aliphatic heterocycles. The van der Waals surface area contributed by atoms with Gasteiger partial charge >= 0.3 is 0 Å². The van der Waals surface area contributed by atoms with E-state index in [0.717, 1.165) is 55.3 Å². The van der Waals surface area contributed by atoms with Crippen LogP contribution in [-0.4, -0.2) is 42.4 Å². The first-order chi connectivity index (χ1) is 16.8. The lowest BCUT2D eigenvalue weighted by molar-refractivity contribution is -0.120. The Morgan fingerprint density at radius 2 is 1.66 bits per heavy atom. The number of aromatic nitrogens is 5. The maximum atomic E-state index is 13.7. The van der Waals surface area contributed by atoms with Crippen LogP contribution < -0.4 is 10.6 Å². The van der Waals surface area contributed by atoms with Crippen molar-refractivity contribution >= 4 is 17.6 Å². The molecule has 9 heteroatoms. The molecule has 3 aromatic rings. The van der Waals surface area contributed by atoms with Crippen LogP contribution in [0.2, 0.25) is 0 Å². The van der Waals surface area contributed by atoms with Crippen LogP contribution in [0, 0.1) is 23.7 Å². The Kier molecular flexibility index (Phi) is 4.88. The molecule has 3 aromatic heterocycles. The van der Waals surface area contributed by atoms with Gasteiger partial charge in [-0.3, -0.25) is 19.0 Å². The van der Waals surface area contributed by atoms with Crippen molar-refractivity contribution in [2.45, 2.75) is 51.5 Å². The Hall–Kier alpha value is -3.49. The van der Waals surface area contributed by atoms with Gasteiger partial charge in [-0.15, -0.1) is 0 Å². The van der Waals surface area contributed by atoms with Gasteiger partial charge in [0.2, 0.25) is 5.91 Å². The number of hydrogen-bond acceptors (Lipinski definition) is 5. The van der Waals surface area contributed by atoms with Crippen molar-refractivity contribution in [1.82, 2.24) is 29.9 Å². The normalized spacial score (nSPS) is 20.2. The van der Waals surface area contributed by atoms with Crippen molar-refractivity contribution in [1.29, 1.82) is 0 Å². The number of hydrogen-bond donors (Lipinski definition) is 2. The number of pyridine rings is 1. The zero-order chi connectivity index (χ0) is 24.4. The third-order valence-electron chi connectivity index (χ3n) is 8.59. The molecule has 2 amide bonds. The first-order valence-electron chi connectivity index (χ1n) is 12.4. The van der Waals surface area contributed by atoms with Gasteiger partial charge in [-0.1, -0.05) is 0 Å². The van der Waals surface area contributed by atoms with Crippen LogP contribution in [-0.2, 0) is 18.9 Å². The maximum Gasteiger partial charge on any atom is 0.270 e. The summed E-state index contributed by atoms with van der Waals surface area (Å²) in [5, 5.41) is 14.5. The van der Waals surface area contributed by atoms with Gasteiger partial charge in [-0.05, 0) is 86.0 Å². The molecule has 2 N–H and O–H groups in total. The molecule has 3 aliphatic carbocycles. The summed E-state index contributed by atoms with van der Waals surface area (Å²) in [6, 6.07) is 4.83. The van der Waals surface area contributed by atoms with Crippen molar-refractivity contribution in [2.24, 2.45) is 30.8 Å². The first-order valence-corrected chi connectivity index (χ1v) is 12.4. The second-order valence-electron chi connectivity index (χ2n) is 10.7. The highest BCUT2D eigenvalue weighted by atomic mass is 16.2. The van der Waals surface area contributed by atoms with E-state index < -0.39 is 6.04 Å². The van der Waals surface area contributed by atoms with Crippen molar-refractivity contribution < 1.29 is 9.59 Å². The molecule has 6 rings (SSSR count). The van der Waals surface area contributed by atoms with Gasteiger partial charge < -0.3 is 10.6 Å². The number of rotatable bonds is 6. The van der Waals surface area contributed by atoms with Gasteiger partial charge in [-0.2, -0.15) is 10.2 Å². The number of carbonyl (C=O) groups is 2. The molecule has 3 fully saturated rings. The molecule has 1 unspecified atom stereocenters. The third kappa shape index (κ3) is 3.64. The quantitative estimate of drug-likeness (QED) is 0.572. The molecule has 3 aliphatic rings. The summed E-state index contributed by atoms with van der Waals surface area (Å²) in [6.07, 6.45) is 12.0. The van der Waals surface area contributed by atoms with Crippen molar-refractivity contribution in [3.05, 3.63) is 48.0 Å². The van der Waals surface area contributed by atoms with Gasteiger partial charge in [0.15, 0.2) is 0 Å². The summed E-state index contributed by atoms with van der Waals surface area (Å²) in [7, 11) is 3.64. The molecule has 3 saturated carbocycles. The number of nitrogens with one attached hydrogen (secondary N) is 2. The SMILES string of the molecule is Cc1cnn(C)c1-c1ccc(NC(=O)C(NC(=O)c2ccnn2C)C2C3(CC3)CCC23CC3)nc1. The molecule has 3 heterocycles. The summed E-state index contributed by atoms with van der Waals surface area (Å²) in [5.74, 6) is 0.176. The minimum atomic E-state index is -0.606. The smallest absolute Gasteiger partial charge is 0.270 e. The largest absolute Gasteiger partial charge is 0.339 e. The molecule has 0 bridgehead atoms. The second-order valence-corrected chi connectivity index (χ2v) is 10.7. The lowest BCUT2D eigenvalue weighted by Gasteiger charge is -2.33. The number of anilines is 1. The molecule has 35 heavy (non-hydrogen) atoms. The van der Waals surface area contributed by atoms with Gasteiger partial charge in [0.25, 0.3) is 5.91 Å². The summed E-state index contributed by atoms with van der Waals surface area (Å²) in [4.78, 5) is 31.4. The van der Waals surface area contributed by atoms with E-state index in [0.29, 0.717) is 11.5 Å². The highest BCUT2D eigenvalue weighted by molar-refractivity contribution is 6.00. The van der Waals surface area contributed by atoms with Crippen LogP contribution in [0.1, 0.15) is 54.6 Å². The van der Waals surface area contributed by atoms with Gasteiger partial charge in [0.05, 0.1) is 11.9 Å². The van der Waals surface area contributed by atoms with E-state index in [2.05, 4.69) is 25.8 Å². The lowest BCUT2D eigenvalue weighted by atomic mass is 9.78. The summed E-state index contributed by atoms with van der Waals surface area (Å²) in [5.41, 5.74) is 3.82. The number of aryl methyl sites for hydroxylation is 3. The number of amides is 2. The Morgan fingerprint density at radius 1 is 0.971 bits per heavy atom. The van der Waals surface area contributed by atoms with E-state index in [4.69, 9.17) is 0 Å². The molecule has 9 nitrogen and oxygen atoms in total. The lowest BCUT2D eigenvalue weighted by Crippen LogP contribution is -2.52. The van der Waals surface area contributed by atoms with E-state index in [1.54, 1.807) is 30.2 Å². The average Bonchev–Trinajstić information content (AvgIpc) is 3.68. The minimum Gasteiger partial charge on any atom is -0.339 e. The molecule has 0 radical (unpaired) electrons. The number of carbonyl (C=O) groups excluding carboxylic acids is 2. The third-order valence-corrected chi connectivity index (χ3v) is 8.59. The molecule has 2 spiro atoms. The van der Waals surface area contributed by atoms with E-state index in [-0.39, 0.29) is 28.6 Å². The van der Waals surface area contributed by atoms with E-state index in [9.17, 15) is 9.59 Å². The van der Waals surface area contributed by atoms with Crippen LogP contribution >= 0.6 is 0 Å². The van der Waals surface area contributed by atoms with Gasteiger partial charge in [-0.25, -0.2) is 4.98 Å². The van der Waals surface area contributed by atoms with Crippen molar-refractivity contribution in [3.8, 4) is 11.3 Å². The highest BCUT2D eigenvalue weighted by Gasteiger charge is 2.69. The Bertz CT molecular complexity index is 1260. The van der Waals surface area contributed by atoms with E-state index in [1.165, 1.54) is 0 Å². The fourth-order valence-corrected chi connectivity index (χ4v) is 6.49. The standard InChI is InChI=1S/C26H31N7O2/c1-16-14-29-33(3)21(16)17-4-5-19(27-15-17)30-24(35)20(31-23(34)18-6-13-28-32(18)2)22-25(7-8-25)11-12-26(22)9-10-26/h4-6,13-15,20,22H,7-12H2,1-3H3,(H,31,34)(H,27,30,35). The Labute approximate surface area is 204 Å². The van der Waals surface area contributed by atoms with Crippen LogP contribution in [0.15, 0.2) is 36.8 Å². The molecule has 182 valence electrons. The first kappa shape index (κ1) is 22.0. The topological polar surface area (TPSA) is 107 Å². The van der Waals surface area contributed by atoms with E-state index >= 15 is 0 Å². The zero-order valence-electron chi connectivity index (χ0n) is 20.4. The van der Waals surface area contributed by atoms with Crippen LogP contribution in [0.25, 0.3) is 11.3 Å². The minimum absolute atomic E-state index is 0.156. The Morgan fingerprint density at radius 3 is 2.17 bits per heavy atom. The zero-order valence-corrected chi connectivity index (χ0v) is 20.4. The molecular formula is C26H31N7O2. The number of nitrogens with zero attached hydrogens (tertiary/aromatic N) is 5. The molecule has 0 aromatic carbocycles. The summed E-state index contributed by atoms with van der Waals surface area (Å²) < 4.78 is 3.36. The fourth-order valence-electron chi connectivity index (χ4n) is 6.49. The van der Waals surface area contributed by atoms with E-state index in [1.807, 2.05) is 37.0 Å². The highest BCUT2D eigenvalue weighted by Crippen LogP contribution is 2.75. The van der Waals surface area contributed by atoms with Crippen molar-refractivity contribution in [3.63, 3.8) is 0 Å². The van der Waals surface area contributed by atoms with Gasteiger partial charge in [0.1, 0.15) is 17.6 Å². The predicted octanol–water partition coefficient (Wildman–Crippen LogP) is 3.23. The Balaban J connectivity index is 1.27. The van der Waals surface area contributed by atoms with Crippen LogP contribution in [0.5, 0.6) is 0 Å². The predicted molar refractivity (Wildman–Crippen MR) is 130 cm³/mol. The van der Waals surface area contributed by atoms with Crippen LogP contribution in [0.3, 0.4) is 0 Å². The van der Waals surface area contributed by atoms with Crippen LogP contribution in [0.4, 0.5) is 5.82 Å². The summed E-state index contributed by atoms with van der Waals surface area (Å²) in [6.45, 7) is 2.01. The maximum absolute atomic E-state index is 13.7. The molecule has 0 saturated heterocycles. The molecule has 1 atom stereocenters. The van der Waals surface area contributed by atoms with Crippen molar-refractivity contribution in [2.75, 3.05) is 5.32 Å². The summed E-state index contributed by atoms with van der Waals surface area (Å²) >= 11 is 0. The van der Waals surface area contributed by atoms with Gasteiger partial charge in [0, 0.05) is 32.1 Å².